The maximum absolute atomic E-state index is 9.83. The molecule has 0 saturated carbocycles. The van der Waals surface area contributed by atoms with Gasteiger partial charge < -0.3 is 20.6 Å². The number of aliphatic hydroxyl groups is 1. The topological polar surface area (TPSA) is 78.5 Å². The summed E-state index contributed by atoms with van der Waals surface area (Å²) >= 11 is 0. The number of hydrogen-bond acceptors (Lipinski definition) is 6. The van der Waals surface area contributed by atoms with Crippen molar-refractivity contribution in [3.05, 3.63) is 18.0 Å². The van der Waals surface area contributed by atoms with Gasteiger partial charge in [-0.2, -0.15) is 0 Å². The van der Waals surface area contributed by atoms with E-state index >= 15 is 0 Å². The lowest BCUT2D eigenvalue weighted by Gasteiger charge is -2.26. The number of β-amino-alcohol motifs (C(OH)–C–C–N with tert-alkyl or cyclic N) is 1. The summed E-state index contributed by atoms with van der Waals surface area (Å²) in [7, 11) is 4.06. The van der Waals surface area contributed by atoms with Crippen molar-refractivity contribution in [3.8, 4) is 0 Å². The van der Waals surface area contributed by atoms with Gasteiger partial charge in [-0.15, -0.1) is 0 Å². The molecule has 0 aliphatic carbocycles. The summed E-state index contributed by atoms with van der Waals surface area (Å²) in [6, 6.07) is 2.07. The first kappa shape index (κ1) is 13.2. The first-order chi connectivity index (χ1) is 8.60. The van der Waals surface area contributed by atoms with Gasteiger partial charge in [-0.25, -0.2) is 9.97 Å². The fraction of sp³-hybridized carbons (Fsp3) is 0.667. The smallest absolute Gasteiger partial charge is 0.225 e. The largest absolute Gasteiger partial charge is 0.391 e. The average Bonchev–Trinajstić information content (AvgIpc) is 2.69. The van der Waals surface area contributed by atoms with Crippen molar-refractivity contribution in [3.63, 3.8) is 0 Å². The predicted octanol–water partition coefficient (Wildman–Crippen LogP) is -0.563. The summed E-state index contributed by atoms with van der Waals surface area (Å²) < 4.78 is 0. The lowest BCUT2D eigenvalue weighted by molar-refractivity contribution is 0.191. The van der Waals surface area contributed by atoms with Gasteiger partial charge in [0.25, 0.3) is 0 Å². The highest BCUT2D eigenvalue weighted by molar-refractivity contribution is 5.35. The Morgan fingerprint density at radius 1 is 1.56 bits per heavy atom. The van der Waals surface area contributed by atoms with Crippen LogP contribution in [0.15, 0.2) is 12.3 Å². The second kappa shape index (κ2) is 5.60. The molecular weight excluding hydrogens is 230 g/mol. The molecule has 2 rings (SSSR count). The maximum Gasteiger partial charge on any atom is 0.225 e. The number of aliphatic hydroxyl groups excluding tert-OH is 1. The highest BCUT2D eigenvalue weighted by Gasteiger charge is 2.32. The van der Waals surface area contributed by atoms with Crippen LogP contribution in [-0.2, 0) is 6.54 Å². The van der Waals surface area contributed by atoms with Crippen molar-refractivity contribution >= 4 is 5.95 Å². The Morgan fingerprint density at radius 3 is 3.00 bits per heavy atom. The van der Waals surface area contributed by atoms with Crippen LogP contribution in [0.4, 0.5) is 5.95 Å². The summed E-state index contributed by atoms with van der Waals surface area (Å²) in [5.74, 6) is 0.668. The van der Waals surface area contributed by atoms with Crippen LogP contribution >= 0.6 is 0 Å². The van der Waals surface area contributed by atoms with E-state index in [9.17, 15) is 5.11 Å². The van der Waals surface area contributed by atoms with E-state index in [1.54, 1.807) is 6.20 Å². The molecule has 2 heterocycles. The minimum atomic E-state index is -0.305. The van der Waals surface area contributed by atoms with Crippen molar-refractivity contribution in [1.29, 1.82) is 0 Å². The van der Waals surface area contributed by atoms with Crippen LogP contribution in [0, 0.1) is 0 Å². The molecule has 6 nitrogen and oxygen atoms in total. The molecule has 1 aliphatic heterocycles. The van der Waals surface area contributed by atoms with Crippen LogP contribution in [0.25, 0.3) is 0 Å². The molecular formula is C12H21N5O. The lowest BCUT2D eigenvalue weighted by Crippen LogP contribution is -2.38. The minimum Gasteiger partial charge on any atom is -0.391 e. The van der Waals surface area contributed by atoms with Gasteiger partial charge in [-0.05, 0) is 26.6 Å². The Morgan fingerprint density at radius 2 is 2.33 bits per heavy atom. The van der Waals surface area contributed by atoms with E-state index < -0.39 is 0 Å². The molecule has 6 heteroatoms. The van der Waals surface area contributed by atoms with Crippen molar-refractivity contribution in [2.24, 2.45) is 5.73 Å². The number of anilines is 1. The summed E-state index contributed by atoms with van der Waals surface area (Å²) in [6.07, 6.45) is 2.18. The molecule has 2 unspecified atom stereocenters. The third kappa shape index (κ3) is 2.95. The zero-order chi connectivity index (χ0) is 13.1. The minimum absolute atomic E-state index is 0.253. The first-order valence-corrected chi connectivity index (χ1v) is 6.21. The van der Waals surface area contributed by atoms with Crippen molar-refractivity contribution in [1.82, 2.24) is 14.9 Å². The molecule has 18 heavy (non-hydrogen) atoms. The standard InChI is InChI=1S/C12H21N5O/c1-16(2)7-10-5-11(18)8-17(10)12-14-4-3-9(6-13)15-12/h3-4,10-11,18H,5-8,13H2,1-2H3. The molecule has 1 aromatic rings. The molecule has 0 amide bonds. The van der Waals surface area contributed by atoms with Crippen LogP contribution in [-0.4, -0.2) is 59.3 Å². The Bertz CT molecular complexity index is 398. The number of likely N-dealkylation sites (N-methyl/N-ethyl adjacent to an activating group) is 1. The molecule has 1 fully saturated rings. The lowest BCUT2D eigenvalue weighted by atomic mass is 10.2. The van der Waals surface area contributed by atoms with Crippen LogP contribution in [0.3, 0.4) is 0 Å². The van der Waals surface area contributed by atoms with Crippen LogP contribution in [0.2, 0.25) is 0 Å². The van der Waals surface area contributed by atoms with E-state index in [1.165, 1.54) is 0 Å². The second-order valence-corrected chi connectivity index (χ2v) is 5.01. The third-order valence-electron chi connectivity index (χ3n) is 3.13. The Labute approximate surface area is 107 Å². The van der Waals surface area contributed by atoms with E-state index in [0.29, 0.717) is 19.0 Å². The zero-order valence-electron chi connectivity index (χ0n) is 11.0. The first-order valence-electron chi connectivity index (χ1n) is 6.21. The van der Waals surface area contributed by atoms with E-state index in [4.69, 9.17) is 5.73 Å². The molecule has 0 radical (unpaired) electrons. The number of aromatic nitrogens is 2. The van der Waals surface area contributed by atoms with Gasteiger partial charge in [0.1, 0.15) is 0 Å². The molecule has 1 aromatic heterocycles. The van der Waals surface area contributed by atoms with E-state index in [-0.39, 0.29) is 12.1 Å². The highest BCUT2D eigenvalue weighted by Crippen LogP contribution is 2.23. The van der Waals surface area contributed by atoms with E-state index in [1.807, 2.05) is 20.2 Å². The monoisotopic (exact) mass is 251 g/mol. The summed E-state index contributed by atoms with van der Waals surface area (Å²) in [4.78, 5) is 12.9. The molecule has 0 bridgehead atoms. The van der Waals surface area contributed by atoms with Gasteiger partial charge in [-0.1, -0.05) is 0 Å². The van der Waals surface area contributed by atoms with Gasteiger partial charge in [0, 0.05) is 31.9 Å². The average molecular weight is 251 g/mol. The van der Waals surface area contributed by atoms with Gasteiger partial charge >= 0.3 is 0 Å². The fourth-order valence-corrected chi connectivity index (χ4v) is 2.37. The number of hydrogen-bond donors (Lipinski definition) is 2. The van der Waals surface area contributed by atoms with Gasteiger partial charge in [0.15, 0.2) is 0 Å². The molecule has 1 aliphatic rings. The molecule has 100 valence electrons. The Hall–Kier alpha value is -1.24. The zero-order valence-corrected chi connectivity index (χ0v) is 11.0. The summed E-state index contributed by atoms with van der Waals surface area (Å²) in [5.41, 5.74) is 6.42. The van der Waals surface area contributed by atoms with E-state index in [2.05, 4.69) is 19.8 Å². The Balaban J connectivity index is 2.18. The van der Waals surface area contributed by atoms with Crippen molar-refractivity contribution in [2.75, 3.05) is 32.1 Å². The fourth-order valence-electron chi connectivity index (χ4n) is 2.37. The molecule has 3 N–H and O–H groups in total. The van der Waals surface area contributed by atoms with Gasteiger partial charge in [-0.3, -0.25) is 0 Å². The second-order valence-electron chi connectivity index (χ2n) is 5.01. The summed E-state index contributed by atoms with van der Waals surface area (Å²) in [5, 5.41) is 9.83. The quantitative estimate of drug-likeness (QED) is 0.746. The number of rotatable bonds is 4. The molecule has 2 atom stereocenters. The predicted molar refractivity (Wildman–Crippen MR) is 70.2 cm³/mol. The molecule has 0 aromatic carbocycles. The van der Waals surface area contributed by atoms with Gasteiger partial charge in [0.05, 0.1) is 11.8 Å². The Kier molecular flexibility index (Phi) is 4.11. The maximum atomic E-state index is 9.83. The van der Waals surface area contributed by atoms with Crippen molar-refractivity contribution < 1.29 is 5.11 Å². The molecule has 0 spiro atoms. The normalized spacial score (nSPS) is 23.9. The summed E-state index contributed by atoms with van der Waals surface area (Å²) in [6.45, 7) is 1.88. The van der Waals surface area contributed by atoms with Crippen LogP contribution in [0.5, 0.6) is 0 Å². The number of nitrogens with two attached hydrogens (primary N) is 1. The van der Waals surface area contributed by atoms with Crippen LogP contribution in [0.1, 0.15) is 12.1 Å². The molecule has 1 saturated heterocycles. The van der Waals surface area contributed by atoms with Gasteiger partial charge in [0.2, 0.25) is 5.95 Å². The number of nitrogens with zero attached hydrogens (tertiary/aromatic N) is 4. The van der Waals surface area contributed by atoms with Crippen LogP contribution < -0.4 is 10.6 Å². The highest BCUT2D eigenvalue weighted by atomic mass is 16.3. The SMILES string of the molecule is CN(C)CC1CC(O)CN1c1nccc(CN)n1. The third-order valence-corrected chi connectivity index (χ3v) is 3.13. The van der Waals surface area contributed by atoms with E-state index in [0.717, 1.165) is 18.7 Å². The van der Waals surface area contributed by atoms with Crippen molar-refractivity contribution in [2.45, 2.75) is 25.1 Å².